The Labute approximate surface area is 227 Å². The van der Waals surface area contributed by atoms with E-state index in [9.17, 15) is 9.90 Å². The van der Waals surface area contributed by atoms with Crippen LogP contribution in [0.15, 0.2) is 71.3 Å². The van der Waals surface area contributed by atoms with Gasteiger partial charge in [0.25, 0.3) is 5.91 Å². The predicted molar refractivity (Wildman–Crippen MR) is 146 cm³/mol. The van der Waals surface area contributed by atoms with Gasteiger partial charge in [-0.05, 0) is 55.5 Å². The lowest BCUT2D eigenvalue weighted by Gasteiger charge is -2.32. The molecule has 2 aromatic rings. The summed E-state index contributed by atoms with van der Waals surface area (Å²) < 4.78 is 12.0. The highest BCUT2D eigenvalue weighted by Crippen LogP contribution is 2.45. The lowest BCUT2D eigenvalue weighted by atomic mass is 9.84. The molecule has 0 radical (unpaired) electrons. The maximum Gasteiger partial charge on any atom is 0.266 e. The third kappa shape index (κ3) is 6.58. The Hall–Kier alpha value is -3.89. The Kier molecular flexibility index (Phi) is 9.56. The molecule has 0 bridgehead atoms. The molecule has 2 aromatic carbocycles. The number of nitrogens with zero attached hydrogens (tertiary/aromatic N) is 4. The topological polar surface area (TPSA) is 161 Å². The molecule has 1 amide bonds. The number of benzene rings is 2. The van der Waals surface area contributed by atoms with E-state index < -0.39 is 17.6 Å². The van der Waals surface area contributed by atoms with Crippen LogP contribution >= 0.6 is 0 Å². The number of hydrogen-bond donors (Lipinski definition) is 4. The maximum absolute atomic E-state index is 13.9. The van der Waals surface area contributed by atoms with E-state index in [1.807, 2.05) is 0 Å². The van der Waals surface area contributed by atoms with Crippen molar-refractivity contribution in [3.8, 4) is 5.75 Å². The number of nitrogens with one attached hydrogen (secondary N) is 2. The van der Waals surface area contributed by atoms with Gasteiger partial charge in [-0.2, -0.15) is 0 Å². The molecule has 4 rings (SSSR count). The van der Waals surface area contributed by atoms with Gasteiger partial charge in [0.1, 0.15) is 5.75 Å². The van der Waals surface area contributed by atoms with Gasteiger partial charge in [0.2, 0.25) is 5.90 Å². The SMILES string of the molecule is C=CC[C@]1(C(=O)NNC2CCC(O)CC2)N=C(c2ccc(OCCCO)cc2)O[C@H]1c1ccccc1N=[N+]=[N-]. The molecule has 1 aliphatic carbocycles. The van der Waals surface area contributed by atoms with E-state index in [2.05, 4.69) is 27.5 Å². The highest BCUT2D eigenvalue weighted by Gasteiger charge is 2.53. The van der Waals surface area contributed by atoms with Crippen molar-refractivity contribution in [1.29, 1.82) is 0 Å². The normalized spacial score (nSPS) is 24.2. The maximum atomic E-state index is 13.9. The van der Waals surface area contributed by atoms with Crippen LogP contribution in [0.25, 0.3) is 10.4 Å². The van der Waals surface area contributed by atoms with Crippen molar-refractivity contribution in [2.24, 2.45) is 10.1 Å². The molecule has 11 nitrogen and oxygen atoms in total. The molecule has 0 unspecified atom stereocenters. The summed E-state index contributed by atoms with van der Waals surface area (Å²) in [5, 5.41) is 22.6. The smallest absolute Gasteiger partial charge is 0.266 e. The summed E-state index contributed by atoms with van der Waals surface area (Å²) >= 11 is 0. The van der Waals surface area contributed by atoms with Gasteiger partial charge in [0.05, 0.1) is 12.7 Å². The number of ether oxygens (including phenoxy) is 2. The largest absolute Gasteiger partial charge is 0.494 e. The molecule has 39 heavy (non-hydrogen) atoms. The second-order valence-electron chi connectivity index (χ2n) is 9.63. The fraction of sp³-hybridized carbons (Fsp3) is 0.429. The van der Waals surface area contributed by atoms with Gasteiger partial charge in [-0.3, -0.25) is 10.2 Å². The van der Waals surface area contributed by atoms with Crippen molar-refractivity contribution in [3.05, 3.63) is 82.8 Å². The van der Waals surface area contributed by atoms with E-state index in [1.165, 1.54) is 0 Å². The summed E-state index contributed by atoms with van der Waals surface area (Å²) in [5.74, 6) is 0.483. The number of aliphatic hydroxyl groups is 2. The number of carbonyl (C=O) groups excluding carboxylic acids is 1. The van der Waals surface area contributed by atoms with Crippen LogP contribution in [0.4, 0.5) is 5.69 Å². The standard InChI is InChI=1S/C28H34N6O5/c1-2-16-28(27(37)33-31-20-10-12-21(36)13-11-20)25(23-6-3-4-7-24(23)32-34-29)39-26(30-28)19-8-14-22(15-9-19)38-18-5-17-35/h2-4,6-9,14-15,20-21,25,31,35-36H,1,5,10-13,16-18H2,(H,33,37)/t20?,21?,25-,28-/m0/s1. The van der Waals surface area contributed by atoms with Crippen LogP contribution in [0.2, 0.25) is 0 Å². The Morgan fingerprint density at radius 2 is 1.97 bits per heavy atom. The summed E-state index contributed by atoms with van der Waals surface area (Å²) in [5.41, 5.74) is 15.2. The number of hydrogen-bond acceptors (Lipinski definition) is 8. The molecular weight excluding hydrogens is 500 g/mol. The van der Waals surface area contributed by atoms with Crippen LogP contribution in [0.5, 0.6) is 5.75 Å². The van der Waals surface area contributed by atoms with E-state index in [0.29, 0.717) is 48.4 Å². The molecule has 0 aromatic heterocycles. The number of carbonyl (C=O) groups is 1. The number of rotatable bonds is 12. The first-order valence-corrected chi connectivity index (χ1v) is 13.1. The van der Waals surface area contributed by atoms with E-state index in [1.54, 1.807) is 54.6 Å². The van der Waals surface area contributed by atoms with Crippen LogP contribution < -0.4 is 15.6 Å². The van der Waals surface area contributed by atoms with Gasteiger partial charge in [0, 0.05) is 47.2 Å². The van der Waals surface area contributed by atoms with Crippen molar-refractivity contribution < 1.29 is 24.5 Å². The molecule has 11 heteroatoms. The van der Waals surface area contributed by atoms with Crippen LogP contribution in [0, 0.1) is 0 Å². The number of aliphatic hydroxyl groups excluding tert-OH is 2. The van der Waals surface area contributed by atoms with Gasteiger partial charge >= 0.3 is 0 Å². The quantitative estimate of drug-likeness (QED) is 0.0799. The lowest BCUT2D eigenvalue weighted by molar-refractivity contribution is -0.130. The Bertz CT molecular complexity index is 1220. The van der Waals surface area contributed by atoms with E-state index in [-0.39, 0.29) is 31.1 Å². The Morgan fingerprint density at radius 3 is 2.67 bits per heavy atom. The molecule has 2 aliphatic rings. The minimum Gasteiger partial charge on any atom is -0.494 e. The van der Waals surface area contributed by atoms with Crippen LogP contribution in [0.1, 0.15) is 55.8 Å². The lowest BCUT2D eigenvalue weighted by Crippen LogP contribution is -2.55. The molecule has 0 spiro atoms. The Balaban J connectivity index is 1.67. The fourth-order valence-corrected chi connectivity index (χ4v) is 4.86. The number of azide groups is 1. The number of hydrazine groups is 1. The molecule has 1 heterocycles. The molecule has 2 atom stereocenters. The van der Waals surface area contributed by atoms with E-state index in [0.717, 1.165) is 12.8 Å². The van der Waals surface area contributed by atoms with Crippen LogP contribution in [-0.4, -0.2) is 52.9 Å². The highest BCUT2D eigenvalue weighted by atomic mass is 16.5. The third-order valence-corrected chi connectivity index (χ3v) is 6.94. The molecule has 1 aliphatic heterocycles. The van der Waals surface area contributed by atoms with Crippen molar-refractivity contribution in [1.82, 2.24) is 10.9 Å². The minimum atomic E-state index is -1.43. The zero-order chi connectivity index (χ0) is 27.7. The van der Waals surface area contributed by atoms with Gasteiger partial charge < -0.3 is 19.7 Å². The molecule has 0 saturated heterocycles. The number of amides is 1. The van der Waals surface area contributed by atoms with Crippen molar-refractivity contribution in [2.45, 2.75) is 62.3 Å². The van der Waals surface area contributed by atoms with E-state index >= 15 is 0 Å². The second-order valence-corrected chi connectivity index (χ2v) is 9.63. The monoisotopic (exact) mass is 534 g/mol. The van der Waals surface area contributed by atoms with E-state index in [4.69, 9.17) is 25.1 Å². The first kappa shape index (κ1) is 28.1. The van der Waals surface area contributed by atoms with Gasteiger partial charge in [-0.1, -0.05) is 35.5 Å². The zero-order valence-corrected chi connectivity index (χ0v) is 21.7. The summed E-state index contributed by atoms with van der Waals surface area (Å²) in [7, 11) is 0. The second kappa shape index (κ2) is 13.3. The van der Waals surface area contributed by atoms with Gasteiger partial charge in [-0.15, -0.1) is 6.58 Å². The fourth-order valence-electron chi connectivity index (χ4n) is 4.86. The highest BCUT2D eigenvalue weighted by molar-refractivity contribution is 6.01. The summed E-state index contributed by atoms with van der Waals surface area (Å²) in [4.78, 5) is 21.7. The minimum absolute atomic E-state index is 0.0243. The average molecular weight is 535 g/mol. The molecular formula is C28H34N6O5. The number of aliphatic imine (C=N–C) groups is 1. The molecule has 4 N–H and O–H groups in total. The van der Waals surface area contributed by atoms with Crippen LogP contribution in [-0.2, 0) is 9.53 Å². The average Bonchev–Trinajstić information content (AvgIpc) is 3.34. The summed E-state index contributed by atoms with van der Waals surface area (Å²) in [6.07, 6.45) is 3.89. The third-order valence-electron chi connectivity index (χ3n) is 6.94. The Morgan fingerprint density at radius 1 is 1.23 bits per heavy atom. The van der Waals surface area contributed by atoms with Gasteiger partial charge in [0.15, 0.2) is 11.6 Å². The zero-order valence-electron chi connectivity index (χ0n) is 21.7. The predicted octanol–water partition coefficient (Wildman–Crippen LogP) is 4.15. The molecule has 1 saturated carbocycles. The van der Waals surface area contributed by atoms with Crippen molar-refractivity contribution >= 4 is 17.5 Å². The molecule has 206 valence electrons. The van der Waals surface area contributed by atoms with Crippen molar-refractivity contribution in [2.75, 3.05) is 13.2 Å². The van der Waals surface area contributed by atoms with Crippen molar-refractivity contribution in [3.63, 3.8) is 0 Å². The summed E-state index contributed by atoms with van der Waals surface area (Å²) in [6.45, 7) is 4.31. The molecule has 1 fully saturated rings. The summed E-state index contributed by atoms with van der Waals surface area (Å²) in [6, 6.07) is 14.1. The first-order valence-electron chi connectivity index (χ1n) is 13.1. The first-order chi connectivity index (χ1) is 19.0. The van der Waals surface area contributed by atoms with Gasteiger partial charge in [-0.25, -0.2) is 10.4 Å². The van der Waals surface area contributed by atoms with Crippen LogP contribution in [0.3, 0.4) is 0 Å².